The van der Waals surface area contributed by atoms with Gasteiger partial charge in [-0.2, -0.15) is 0 Å². The fourth-order valence-corrected chi connectivity index (χ4v) is 2.26. The van der Waals surface area contributed by atoms with Crippen LogP contribution in [0.15, 0.2) is 54.6 Å². The molecule has 2 aromatic rings. The molecule has 23 heavy (non-hydrogen) atoms. The van der Waals surface area contributed by atoms with Gasteiger partial charge in [-0.1, -0.05) is 30.3 Å². The van der Waals surface area contributed by atoms with E-state index < -0.39 is 24.0 Å². The average Bonchev–Trinajstić information content (AvgIpc) is 2.87. The summed E-state index contributed by atoms with van der Waals surface area (Å²) in [6.45, 7) is 0. The van der Waals surface area contributed by atoms with Gasteiger partial charge in [0.2, 0.25) is 0 Å². The van der Waals surface area contributed by atoms with Gasteiger partial charge >= 0.3 is 12.1 Å². The minimum absolute atomic E-state index is 0.395. The molecule has 4 N–H and O–H groups in total. The molecule has 2 aromatic carbocycles. The van der Waals surface area contributed by atoms with Gasteiger partial charge < -0.3 is 16.0 Å². The number of amides is 5. The van der Waals surface area contributed by atoms with E-state index in [-0.39, 0.29) is 0 Å². The molecule has 0 spiro atoms. The number of carbonyl (C=O) groups excluding carboxylic acids is 3. The highest BCUT2D eigenvalue weighted by Crippen LogP contribution is 2.20. The van der Waals surface area contributed by atoms with Crippen LogP contribution in [-0.2, 0) is 4.79 Å². The standard InChI is InChI=1S/C16H14N4O3/c21-14-13(19-16(23)20-14)10-5-4-8-12(9-10)18-15(22)17-11-6-2-1-3-7-11/h1-9,13H,(H2,17,18,22)(H2,19,20,21,23). The molecule has 1 unspecified atom stereocenters. The number of rotatable bonds is 3. The minimum atomic E-state index is -0.749. The summed E-state index contributed by atoms with van der Waals surface area (Å²) in [6.07, 6.45) is 0. The van der Waals surface area contributed by atoms with Crippen molar-refractivity contribution in [2.24, 2.45) is 0 Å². The summed E-state index contributed by atoms with van der Waals surface area (Å²) in [7, 11) is 0. The Morgan fingerprint density at radius 3 is 2.30 bits per heavy atom. The third-order valence-corrected chi connectivity index (χ3v) is 3.28. The first kappa shape index (κ1) is 14.6. The molecule has 1 atom stereocenters. The second-order valence-corrected chi connectivity index (χ2v) is 4.97. The third kappa shape index (κ3) is 3.46. The van der Waals surface area contributed by atoms with Crippen LogP contribution in [0.5, 0.6) is 0 Å². The molecule has 1 heterocycles. The van der Waals surface area contributed by atoms with Crippen LogP contribution in [0.4, 0.5) is 21.0 Å². The zero-order valence-corrected chi connectivity index (χ0v) is 12.0. The van der Waals surface area contributed by atoms with E-state index in [9.17, 15) is 14.4 Å². The van der Waals surface area contributed by atoms with E-state index in [2.05, 4.69) is 21.3 Å². The molecule has 5 amide bonds. The number of para-hydroxylation sites is 1. The molecule has 1 aliphatic rings. The molecular weight excluding hydrogens is 296 g/mol. The summed E-state index contributed by atoms with van der Waals surface area (Å²) < 4.78 is 0. The average molecular weight is 310 g/mol. The molecule has 1 saturated heterocycles. The van der Waals surface area contributed by atoms with Gasteiger partial charge in [0.15, 0.2) is 0 Å². The van der Waals surface area contributed by atoms with Gasteiger partial charge in [0, 0.05) is 11.4 Å². The molecule has 0 aliphatic carbocycles. The highest BCUT2D eigenvalue weighted by Gasteiger charge is 2.30. The topological polar surface area (TPSA) is 99.3 Å². The van der Waals surface area contributed by atoms with E-state index in [1.54, 1.807) is 36.4 Å². The quantitative estimate of drug-likeness (QED) is 0.654. The highest BCUT2D eigenvalue weighted by atomic mass is 16.2. The van der Waals surface area contributed by atoms with E-state index in [0.717, 1.165) is 0 Å². The van der Waals surface area contributed by atoms with Crippen LogP contribution in [0, 0.1) is 0 Å². The second kappa shape index (κ2) is 6.18. The van der Waals surface area contributed by atoms with Crippen molar-refractivity contribution in [3.63, 3.8) is 0 Å². The lowest BCUT2D eigenvalue weighted by atomic mass is 10.1. The van der Waals surface area contributed by atoms with Gasteiger partial charge in [-0.3, -0.25) is 10.1 Å². The lowest BCUT2D eigenvalue weighted by molar-refractivity contribution is -0.120. The van der Waals surface area contributed by atoms with Crippen molar-refractivity contribution >= 4 is 29.3 Å². The molecule has 1 aliphatic heterocycles. The van der Waals surface area contributed by atoms with Crippen molar-refractivity contribution in [2.45, 2.75) is 6.04 Å². The van der Waals surface area contributed by atoms with Gasteiger partial charge in [0.05, 0.1) is 0 Å². The molecule has 7 nitrogen and oxygen atoms in total. The Morgan fingerprint density at radius 2 is 1.61 bits per heavy atom. The van der Waals surface area contributed by atoms with Crippen molar-refractivity contribution in [3.05, 3.63) is 60.2 Å². The number of imide groups is 1. The second-order valence-electron chi connectivity index (χ2n) is 4.97. The first-order chi connectivity index (χ1) is 11.1. The maximum absolute atomic E-state index is 12.0. The van der Waals surface area contributed by atoms with Crippen molar-refractivity contribution in [3.8, 4) is 0 Å². The van der Waals surface area contributed by atoms with E-state index >= 15 is 0 Å². The molecule has 0 saturated carbocycles. The third-order valence-electron chi connectivity index (χ3n) is 3.28. The summed E-state index contributed by atoms with van der Waals surface area (Å²) in [6, 6.07) is 14.1. The van der Waals surface area contributed by atoms with Crippen LogP contribution in [0.3, 0.4) is 0 Å². The molecular formula is C16H14N4O3. The SMILES string of the molecule is O=C(Nc1ccccc1)Nc1cccc(C2NC(=O)NC2=O)c1. The van der Waals surface area contributed by atoms with E-state index in [4.69, 9.17) is 0 Å². The fraction of sp³-hybridized carbons (Fsp3) is 0.0625. The largest absolute Gasteiger partial charge is 0.323 e. The first-order valence-corrected chi connectivity index (χ1v) is 6.96. The normalized spacial score (nSPS) is 16.4. The maximum Gasteiger partial charge on any atom is 0.323 e. The molecule has 0 aromatic heterocycles. The zero-order valence-electron chi connectivity index (χ0n) is 12.0. The number of anilines is 2. The molecule has 0 bridgehead atoms. The summed E-state index contributed by atoms with van der Waals surface area (Å²) in [5, 5.41) is 10.1. The number of hydrogen-bond acceptors (Lipinski definition) is 3. The van der Waals surface area contributed by atoms with Gasteiger partial charge in [0.1, 0.15) is 6.04 Å². The van der Waals surface area contributed by atoms with Crippen molar-refractivity contribution < 1.29 is 14.4 Å². The van der Waals surface area contributed by atoms with Gasteiger partial charge in [0.25, 0.3) is 5.91 Å². The Labute approximate surface area is 132 Å². The Hall–Kier alpha value is -3.35. The summed E-state index contributed by atoms with van der Waals surface area (Å²) in [4.78, 5) is 34.8. The number of hydrogen-bond donors (Lipinski definition) is 4. The van der Waals surface area contributed by atoms with Crippen molar-refractivity contribution in [1.82, 2.24) is 10.6 Å². The Bertz CT molecular complexity index is 761. The first-order valence-electron chi connectivity index (χ1n) is 6.96. The number of carbonyl (C=O) groups is 3. The van der Waals surface area contributed by atoms with Crippen LogP contribution in [0.1, 0.15) is 11.6 Å². The van der Waals surface area contributed by atoms with Crippen LogP contribution in [0.2, 0.25) is 0 Å². The monoisotopic (exact) mass is 310 g/mol. The Balaban J connectivity index is 1.69. The molecule has 116 valence electrons. The smallest absolute Gasteiger partial charge is 0.322 e. The van der Waals surface area contributed by atoms with E-state index in [0.29, 0.717) is 16.9 Å². The van der Waals surface area contributed by atoms with Crippen LogP contribution < -0.4 is 21.3 Å². The molecule has 7 heteroatoms. The lowest BCUT2D eigenvalue weighted by Crippen LogP contribution is -2.22. The van der Waals surface area contributed by atoms with Crippen LogP contribution in [-0.4, -0.2) is 18.0 Å². The summed E-state index contributed by atoms with van der Waals surface area (Å²) in [5.74, 6) is -0.416. The maximum atomic E-state index is 12.0. The minimum Gasteiger partial charge on any atom is -0.322 e. The summed E-state index contributed by atoms with van der Waals surface area (Å²) >= 11 is 0. The molecule has 0 radical (unpaired) electrons. The molecule has 1 fully saturated rings. The predicted octanol–water partition coefficient (Wildman–Crippen LogP) is 2.21. The number of nitrogens with one attached hydrogen (secondary N) is 4. The van der Waals surface area contributed by atoms with E-state index in [1.165, 1.54) is 0 Å². The van der Waals surface area contributed by atoms with Gasteiger partial charge in [-0.05, 0) is 29.8 Å². The van der Waals surface area contributed by atoms with Gasteiger partial charge in [-0.15, -0.1) is 0 Å². The lowest BCUT2D eigenvalue weighted by Gasteiger charge is -2.11. The Morgan fingerprint density at radius 1 is 0.913 bits per heavy atom. The predicted molar refractivity (Wildman–Crippen MR) is 84.9 cm³/mol. The molecule has 3 rings (SSSR count). The summed E-state index contributed by atoms with van der Waals surface area (Å²) in [5.41, 5.74) is 1.78. The van der Waals surface area contributed by atoms with Crippen molar-refractivity contribution in [2.75, 3.05) is 10.6 Å². The number of urea groups is 2. The fourth-order valence-electron chi connectivity index (χ4n) is 2.26. The van der Waals surface area contributed by atoms with Crippen LogP contribution >= 0.6 is 0 Å². The van der Waals surface area contributed by atoms with Crippen LogP contribution in [0.25, 0.3) is 0 Å². The number of benzene rings is 2. The zero-order chi connectivity index (χ0) is 16.2. The van der Waals surface area contributed by atoms with E-state index in [1.807, 2.05) is 18.2 Å². The van der Waals surface area contributed by atoms with Gasteiger partial charge in [-0.25, -0.2) is 9.59 Å². The van der Waals surface area contributed by atoms with Crippen molar-refractivity contribution in [1.29, 1.82) is 0 Å². The Kier molecular flexibility index (Phi) is 3.92. The highest BCUT2D eigenvalue weighted by molar-refractivity contribution is 6.05.